The van der Waals surface area contributed by atoms with E-state index in [4.69, 9.17) is 9.84 Å². The first-order valence-electron chi connectivity index (χ1n) is 6.58. The molecule has 0 aromatic heterocycles. The highest BCUT2D eigenvalue weighted by molar-refractivity contribution is 5.81. The summed E-state index contributed by atoms with van der Waals surface area (Å²) in [5.41, 5.74) is -0.376. The highest BCUT2D eigenvalue weighted by Gasteiger charge is 2.47. The van der Waals surface area contributed by atoms with Crippen molar-refractivity contribution in [1.29, 1.82) is 0 Å². The minimum atomic E-state index is -1.26. The van der Waals surface area contributed by atoms with Gasteiger partial charge in [-0.05, 0) is 25.3 Å². The Hall–Kier alpha value is -1.88. The van der Waals surface area contributed by atoms with E-state index >= 15 is 0 Å². The Labute approximate surface area is 117 Å². The van der Waals surface area contributed by atoms with E-state index in [1.807, 2.05) is 30.3 Å². The molecule has 1 saturated heterocycles. The Morgan fingerprint density at radius 3 is 2.45 bits per heavy atom. The number of hydrogen-bond donors (Lipinski definition) is 2. The van der Waals surface area contributed by atoms with E-state index in [2.05, 4.69) is 0 Å². The Kier molecular flexibility index (Phi) is 4.09. The summed E-state index contributed by atoms with van der Waals surface area (Å²) in [6.45, 7) is 1.79. The lowest BCUT2D eigenvalue weighted by Gasteiger charge is -2.40. The molecule has 1 fully saturated rings. The van der Waals surface area contributed by atoms with E-state index in [-0.39, 0.29) is 31.5 Å². The number of aliphatic carboxylic acids is 2. The molecule has 1 aromatic carbocycles. The van der Waals surface area contributed by atoms with Gasteiger partial charge in [0.1, 0.15) is 0 Å². The lowest BCUT2D eigenvalue weighted by molar-refractivity contribution is -0.172. The average molecular weight is 278 g/mol. The highest BCUT2D eigenvalue weighted by atomic mass is 16.5. The molecule has 3 atom stereocenters. The summed E-state index contributed by atoms with van der Waals surface area (Å²) < 4.78 is 5.80. The van der Waals surface area contributed by atoms with Crippen molar-refractivity contribution in [3.8, 4) is 0 Å². The lowest BCUT2D eigenvalue weighted by Crippen LogP contribution is -2.43. The van der Waals surface area contributed by atoms with Crippen LogP contribution in [0.5, 0.6) is 0 Å². The quantitative estimate of drug-likeness (QED) is 0.884. The second kappa shape index (κ2) is 5.63. The van der Waals surface area contributed by atoms with Crippen LogP contribution in [0.4, 0.5) is 0 Å². The number of carboxylic acids is 2. The minimum absolute atomic E-state index is 0.184. The van der Waals surface area contributed by atoms with Crippen molar-refractivity contribution in [3.63, 3.8) is 0 Å². The maximum absolute atomic E-state index is 11.6. The molecule has 1 aliphatic heterocycles. The van der Waals surface area contributed by atoms with Crippen molar-refractivity contribution in [1.82, 2.24) is 0 Å². The third-order valence-electron chi connectivity index (χ3n) is 3.77. The molecule has 1 aliphatic rings. The van der Waals surface area contributed by atoms with E-state index in [1.54, 1.807) is 6.92 Å². The average Bonchev–Trinajstić information content (AvgIpc) is 2.38. The second-order valence-corrected chi connectivity index (χ2v) is 5.41. The topological polar surface area (TPSA) is 83.8 Å². The van der Waals surface area contributed by atoms with Crippen LogP contribution in [-0.2, 0) is 14.3 Å². The zero-order chi connectivity index (χ0) is 14.8. The van der Waals surface area contributed by atoms with E-state index in [0.29, 0.717) is 0 Å². The molecule has 0 aliphatic carbocycles. The SMILES string of the molecule is C[C@@H]1C[C@@](CC(=O)O)(C(=O)O)C[C@H](c2ccccc2)O1. The van der Waals surface area contributed by atoms with Crippen molar-refractivity contribution in [2.75, 3.05) is 0 Å². The molecule has 2 N–H and O–H groups in total. The Bertz CT molecular complexity index is 498. The summed E-state index contributed by atoms with van der Waals surface area (Å²) in [6, 6.07) is 9.33. The molecule has 108 valence electrons. The summed E-state index contributed by atoms with van der Waals surface area (Å²) in [5.74, 6) is -2.15. The van der Waals surface area contributed by atoms with Crippen molar-refractivity contribution in [2.45, 2.75) is 38.4 Å². The largest absolute Gasteiger partial charge is 0.481 e. The number of carboxylic acid groups (broad SMARTS) is 2. The van der Waals surface area contributed by atoms with Gasteiger partial charge >= 0.3 is 11.9 Å². The Morgan fingerprint density at radius 1 is 1.25 bits per heavy atom. The van der Waals surface area contributed by atoms with Crippen LogP contribution in [0, 0.1) is 5.41 Å². The molecule has 0 radical (unpaired) electrons. The summed E-state index contributed by atoms with van der Waals surface area (Å²) in [5, 5.41) is 18.5. The highest BCUT2D eigenvalue weighted by Crippen LogP contribution is 2.45. The van der Waals surface area contributed by atoms with Crippen LogP contribution in [0.25, 0.3) is 0 Å². The summed E-state index contributed by atoms with van der Waals surface area (Å²) in [4.78, 5) is 22.6. The zero-order valence-electron chi connectivity index (χ0n) is 11.3. The van der Waals surface area contributed by atoms with Crippen molar-refractivity contribution in [3.05, 3.63) is 35.9 Å². The monoisotopic (exact) mass is 278 g/mol. The van der Waals surface area contributed by atoms with Crippen LogP contribution >= 0.6 is 0 Å². The van der Waals surface area contributed by atoms with Gasteiger partial charge in [0.2, 0.25) is 0 Å². The molecule has 20 heavy (non-hydrogen) atoms. The van der Waals surface area contributed by atoms with Gasteiger partial charge in [-0.25, -0.2) is 0 Å². The second-order valence-electron chi connectivity index (χ2n) is 5.41. The molecule has 0 unspecified atom stereocenters. The number of benzene rings is 1. The first-order chi connectivity index (χ1) is 9.43. The molecule has 0 amide bonds. The van der Waals surface area contributed by atoms with Crippen LogP contribution in [0.1, 0.15) is 37.9 Å². The van der Waals surface area contributed by atoms with Gasteiger partial charge in [0.25, 0.3) is 0 Å². The number of hydrogen-bond acceptors (Lipinski definition) is 3. The predicted molar refractivity (Wildman–Crippen MR) is 71.3 cm³/mol. The predicted octanol–water partition coefficient (Wildman–Crippen LogP) is 2.47. The maximum Gasteiger partial charge on any atom is 0.310 e. The third-order valence-corrected chi connectivity index (χ3v) is 3.77. The number of ether oxygens (including phenoxy) is 1. The molecule has 0 spiro atoms. The molecule has 0 bridgehead atoms. The fourth-order valence-electron chi connectivity index (χ4n) is 2.91. The van der Waals surface area contributed by atoms with Gasteiger partial charge in [-0.15, -0.1) is 0 Å². The van der Waals surface area contributed by atoms with E-state index in [9.17, 15) is 14.7 Å². The van der Waals surface area contributed by atoms with Gasteiger partial charge in [-0.3, -0.25) is 9.59 Å². The normalized spacial score (nSPS) is 29.9. The molecular weight excluding hydrogens is 260 g/mol. The molecule has 0 saturated carbocycles. The fourth-order valence-corrected chi connectivity index (χ4v) is 2.91. The van der Waals surface area contributed by atoms with Crippen LogP contribution in [0.3, 0.4) is 0 Å². The number of carbonyl (C=O) groups is 2. The van der Waals surface area contributed by atoms with Crippen LogP contribution < -0.4 is 0 Å². The maximum atomic E-state index is 11.6. The van der Waals surface area contributed by atoms with Crippen LogP contribution in [-0.4, -0.2) is 28.3 Å². The van der Waals surface area contributed by atoms with E-state index < -0.39 is 17.4 Å². The van der Waals surface area contributed by atoms with Gasteiger partial charge in [0.05, 0.1) is 24.0 Å². The molecule has 5 heteroatoms. The lowest BCUT2D eigenvalue weighted by atomic mass is 9.72. The molecule has 5 nitrogen and oxygen atoms in total. The van der Waals surface area contributed by atoms with E-state index in [0.717, 1.165) is 5.56 Å². The van der Waals surface area contributed by atoms with Crippen molar-refractivity contribution < 1.29 is 24.5 Å². The first-order valence-corrected chi connectivity index (χ1v) is 6.58. The third kappa shape index (κ3) is 2.99. The summed E-state index contributed by atoms with van der Waals surface area (Å²) >= 11 is 0. The van der Waals surface area contributed by atoms with Crippen molar-refractivity contribution in [2.24, 2.45) is 5.41 Å². The van der Waals surface area contributed by atoms with Gasteiger partial charge in [0, 0.05) is 0 Å². The van der Waals surface area contributed by atoms with Gasteiger partial charge < -0.3 is 14.9 Å². The van der Waals surface area contributed by atoms with Crippen molar-refractivity contribution >= 4 is 11.9 Å². The molecule has 2 rings (SSSR count). The smallest absolute Gasteiger partial charge is 0.310 e. The zero-order valence-corrected chi connectivity index (χ0v) is 11.3. The van der Waals surface area contributed by atoms with E-state index in [1.165, 1.54) is 0 Å². The number of rotatable bonds is 4. The van der Waals surface area contributed by atoms with Gasteiger partial charge in [-0.1, -0.05) is 30.3 Å². The standard InChI is InChI=1S/C15H18O5/c1-10-7-15(14(18)19,9-13(16)17)8-12(20-10)11-5-3-2-4-6-11/h2-6,10,12H,7-9H2,1H3,(H,16,17)(H,18,19)/t10-,12-,15-/m1/s1. The first kappa shape index (κ1) is 14.5. The molecule has 1 heterocycles. The Morgan fingerprint density at radius 2 is 1.90 bits per heavy atom. The van der Waals surface area contributed by atoms with Gasteiger partial charge in [0.15, 0.2) is 0 Å². The molecular formula is C15H18O5. The minimum Gasteiger partial charge on any atom is -0.481 e. The van der Waals surface area contributed by atoms with Crippen LogP contribution in [0.2, 0.25) is 0 Å². The summed E-state index contributed by atoms with van der Waals surface area (Å²) in [6.07, 6.45) is -0.639. The molecule has 1 aromatic rings. The summed E-state index contributed by atoms with van der Waals surface area (Å²) in [7, 11) is 0. The van der Waals surface area contributed by atoms with Crippen LogP contribution in [0.15, 0.2) is 30.3 Å². The fraction of sp³-hybridized carbons (Fsp3) is 0.467. The van der Waals surface area contributed by atoms with Gasteiger partial charge in [-0.2, -0.15) is 0 Å². The Balaban J connectivity index is 2.30.